The molecule has 2 aromatic rings. The number of rotatable bonds is 4. The number of hydrogen-bond acceptors (Lipinski definition) is 4. The van der Waals surface area contributed by atoms with E-state index in [1.807, 2.05) is 30.3 Å². The van der Waals surface area contributed by atoms with Gasteiger partial charge in [0.2, 0.25) is 5.91 Å². The maximum absolute atomic E-state index is 13.5. The Hall–Kier alpha value is -2.67. The molecule has 0 saturated carbocycles. The van der Waals surface area contributed by atoms with E-state index < -0.39 is 0 Å². The van der Waals surface area contributed by atoms with Gasteiger partial charge in [0.1, 0.15) is 11.5 Å². The predicted molar refractivity (Wildman–Crippen MR) is 128 cm³/mol. The molecule has 0 N–H and O–H groups in total. The smallest absolute Gasteiger partial charge is 0.273 e. The minimum absolute atomic E-state index is 0.0684. The molecule has 7 nitrogen and oxygen atoms in total. The summed E-state index contributed by atoms with van der Waals surface area (Å²) in [4.78, 5) is 37.5. The van der Waals surface area contributed by atoms with E-state index in [0.717, 1.165) is 43.0 Å². The Morgan fingerprint density at radius 2 is 1.70 bits per heavy atom. The first kappa shape index (κ1) is 22.1. The van der Waals surface area contributed by atoms with E-state index in [4.69, 9.17) is 4.98 Å². The summed E-state index contributed by atoms with van der Waals surface area (Å²) in [5, 5.41) is 0. The van der Waals surface area contributed by atoms with Gasteiger partial charge in [-0.25, -0.2) is 4.98 Å². The van der Waals surface area contributed by atoms with Gasteiger partial charge in [-0.1, -0.05) is 43.2 Å². The minimum atomic E-state index is -0.0684. The molecule has 0 aliphatic carbocycles. The highest BCUT2D eigenvalue weighted by molar-refractivity contribution is 5.94. The summed E-state index contributed by atoms with van der Waals surface area (Å²) in [5.74, 6) is 1.02. The number of amides is 2. The van der Waals surface area contributed by atoms with Gasteiger partial charge in [0, 0.05) is 38.7 Å². The molecule has 2 amide bonds. The molecule has 2 atom stereocenters. The highest BCUT2D eigenvalue weighted by Crippen LogP contribution is 2.36. The minimum Gasteiger partial charge on any atom is -0.343 e. The lowest BCUT2D eigenvalue weighted by molar-refractivity contribution is -0.135. The molecule has 0 spiro atoms. The maximum atomic E-state index is 13.5. The molecule has 33 heavy (non-hydrogen) atoms. The Kier molecular flexibility index (Phi) is 6.23. The first-order chi connectivity index (χ1) is 16.0. The van der Waals surface area contributed by atoms with Crippen LogP contribution in [0.2, 0.25) is 0 Å². The van der Waals surface area contributed by atoms with Crippen molar-refractivity contribution >= 4 is 11.8 Å². The lowest BCUT2D eigenvalue weighted by Gasteiger charge is -2.31. The molecule has 2 bridgehead atoms. The first-order valence-corrected chi connectivity index (χ1v) is 12.4. The third-order valence-corrected chi connectivity index (χ3v) is 7.50. The van der Waals surface area contributed by atoms with Gasteiger partial charge in [0.25, 0.3) is 5.91 Å². The summed E-state index contributed by atoms with van der Waals surface area (Å²) < 4.78 is 2.22. The fourth-order valence-corrected chi connectivity index (χ4v) is 5.83. The first-order valence-electron chi connectivity index (χ1n) is 12.4. The number of aromatic nitrogens is 2. The molecule has 7 heteroatoms. The van der Waals surface area contributed by atoms with Crippen molar-refractivity contribution in [2.24, 2.45) is 0 Å². The van der Waals surface area contributed by atoms with E-state index >= 15 is 0 Å². The number of hydrogen-bond donors (Lipinski definition) is 0. The van der Waals surface area contributed by atoms with Crippen LogP contribution in [0.3, 0.4) is 0 Å². The summed E-state index contributed by atoms with van der Waals surface area (Å²) >= 11 is 0. The molecule has 2 fully saturated rings. The van der Waals surface area contributed by atoms with Gasteiger partial charge in [0.05, 0.1) is 18.3 Å². The van der Waals surface area contributed by atoms with Crippen molar-refractivity contribution in [2.75, 3.05) is 33.7 Å². The van der Waals surface area contributed by atoms with Crippen molar-refractivity contribution in [1.82, 2.24) is 24.3 Å². The molecule has 5 rings (SSSR count). The second kappa shape index (κ2) is 9.29. The number of imidazole rings is 1. The van der Waals surface area contributed by atoms with E-state index in [1.165, 1.54) is 25.7 Å². The van der Waals surface area contributed by atoms with Gasteiger partial charge < -0.3 is 14.4 Å². The Bertz CT molecular complexity index is 1010. The SMILES string of the molecule is CN(C)C(=O)c1nc(-c2ccccc2)n2c1C[C@@H]1CC[C@H](C2)N1C(=O)CN1CCCCCC1. The van der Waals surface area contributed by atoms with Gasteiger partial charge in [0.15, 0.2) is 0 Å². The number of nitrogens with zero attached hydrogens (tertiary/aromatic N) is 5. The molecule has 4 heterocycles. The van der Waals surface area contributed by atoms with Crippen LogP contribution in [0, 0.1) is 0 Å². The molecular formula is C26H35N5O2. The molecule has 3 aliphatic rings. The highest BCUT2D eigenvalue weighted by Gasteiger charge is 2.42. The van der Waals surface area contributed by atoms with Crippen molar-refractivity contribution in [1.29, 1.82) is 0 Å². The average Bonchev–Trinajstić information content (AvgIpc) is 3.17. The van der Waals surface area contributed by atoms with Gasteiger partial charge in [-0.05, 0) is 38.8 Å². The normalized spacial score (nSPS) is 23.0. The lowest BCUT2D eigenvalue weighted by Crippen LogP contribution is -2.47. The third-order valence-electron chi connectivity index (χ3n) is 7.50. The van der Waals surface area contributed by atoms with Crippen molar-refractivity contribution in [2.45, 2.75) is 63.6 Å². The van der Waals surface area contributed by atoms with E-state index in [2.05, 4.69) is 14.4 Å². The topological polar surface area (TPSA) is 61.7 Å². The highest BCUT2D eigenvalue weighted by atomic mass is 16.2. The lowest BCUT2D eigenvalue weighted by atomic mass is 10.0. The molecule has 0 unspecified atom stereocenters. The molecule has 1 aromatic carbocycles. The average molecular weight is 450 g/mol. The van der Waals surface area contributed by atoms with E-state index in [1.54, 1.807) is 19.0 Å². The van der Waals surface area contributed by atoms with Crippen LogP contribution in [0.4, 0.5) is 0 Å². The van der Waals surface area contributed by atoms with E-state index in [-0.39, 0.29) is 23.9 Å². The van der Waals surface area contributed by atoms with Gasteiger partial charge in [-0.3, -0.25) is 14.5 Å². The molecule has 1 aromatic heterocycles. The zero-order valence-corrected chi connectivity index (χ0v) is 19.9. The van der Waals surface area contributed by atoms with Crippen molar-refractivity contribution in [3.05, 3.63) is 41.7 Å². The largest absolute Gasteiger partial charge is 0.343 e. The quantitative estimate of drug-likeness (QED) is 0.720. The molecular weight excluding hydrogens is 414 g/mol. The van der Waals surface area contributed by atoms with Crippen LogP contribution in [-0.2, 0) is 17.8 Å². The third kappa shape index (κ3) is 4.31. The second-order valence-corrected chi connectivity index (χ2v) is 9.99. The fraction of sp³-hybridized carbons (Fsp3) is 0.577. The van der Waals surface area contributed by atoms with Crippen LogP contribution in [0.1, 0.15) is 54.7 Å². The zero-order valence-electron chi connectivity index (χ0n) is 19.9. The summed E-state index contributed by atoms with van der Waals surface area (Å²) in [5.41, 5.74) is 2.52. The zero-order chi connectivity index (χ0) is 22.9. The van der Waals surface area contributed by atoms with Crippen molar-refractivity contribution < 1.29 is 9.59 Å². The van der Waals surface area contributed by atoms with Gasteiger partial charge in [-0.2, -0.15) is 0 Å². The van der Waals surface area contributed by atoms with Crippen molar-refractivity contribution in [3.8, 4) is 11.4 Å². The van der Waals surface area contributed by atoms with Crippen LogP contribution in [-0.4, -0.2) is 81.9 Å². The summed E-state index contributed by atoms with van der Waals surface area (Å²) in [6.45, 7) is 3.28. The predicted octanol–water partition coefficient (Wildman–Crippen LogP) is 3.04. The van der Waals surface area contributed by atoms with Crippen LogP contribution < -0.4 is 0 Å². The summed E-state index contributed by atoms with van der Waals surface area (Å²) in [6, 6.07) is 10.4. The summed E-state index contributed by atoms with van der Waals surface area (Å²) in [6.07, 6.45) is 7.62. The fourth-order valence-electron chi connectivity index (χ4n) is 5.83. The number of carbonyl (C=O) groups excluding carboxylic acids is 2. The Balaban J connectivity index is 1.46. The molecule has 0 radical (unpaired) electrons. The number of fused-ring (bicyclic) bond motifs is 3. The monoisotopic (exact) mass is 449 g/mol. The number of benzene rings is 1. The maximum Gasteiger partial charge on any atom is 0.273 e. The van der Waals surface area contributed by atoms with Crippen molar-refractivity contribution in [3.63, 3.8) is 0 Å². The standard InChI is InChI=1S/C26H35N5O2/c1-28(2)26(33)24-22-16-20-12-13-21(17-30(22)25(27-24)19-10-6-5-7-11-19)31(20)23(32)18-29-14-8-3-4-9-15-29/h5-7,10-11,20-21H,3-4,8-9,12-18H2,1-2H3/t20-,21+/m0/s1. The second-order valence-electron chi connectivity index (χ2n) is 9.99. The van der Waals surface area contributed by atoms with Crippen LogP contribution in [0.5, 0.6) is 0 Å². The number of likely N-dealkylation sites (tertiary alicyclic amines) is 1. The Morgan fingerprint density at radius 3 is 2.39 bits per heavy atom. The Morgan fingerprint density at radius 1 is 1.00 bits per heavy atom. The number of carbonyl (C=O) groups is 2. The van der Waals surface area contributed by atoms with Crippen LogP contribution >= 0.6 is 0 Å². The molecule has 3 aliphatic heterocycles. The van der Waals surface area contributed by atoms with Crippen LogP contribution in [0.25, 0.3) is 11.4 Å². The molecule has 2 saturated heterocycles. The van der Waals surface area contributed by atoms with Gasteiger partial charge >= 0.3 is 0 Å². The Labute approximate surface area is 196 Å². The van der Waals surface area contributed by atoms with Gasteiger partial charge in [-0.15, -0.1) is 0 Å². The van der Waals surface area contributed by atoms with Crippen LogP contribution in [0.15, 0.2) is 30.3 Å². The van der Waals surface area contributed by atoms with E-state index in [9.17, 15) is 9.59 Å². The van der Waals surface area contributed by atoms with E-state index in [0.29, 0.717) is 25.2 Å². The summed E-state index contributed by atoms with van der Waals surface area (Å²) in [7, 11) is 3.55. The molecule has 176 valence electrons.